The number of aromatic carboxylic acids is 1. The van der Waals surface area contributed by atoms with E-state index in [1.165, 1.54) is 0 Å². The molecule has 0 aromatic heterocycles. The van der Waals surface area contributed by atoms with E-state index in [1.807, 2.05) is 69.3 Å². The van der Waals surface area contributed by atoms with Gasteiger partial charge in [0.05, 0.1) is 12.2 Å². The molecule has 0 saturated carbocycles. The molecule has 1 N–H and O–H groups in total. The highest BCUT2D eigenvalue weighted by atomic mass is 16.6. The number of hydrogen-bond donors (Lipinski definition) is 1. The van der Waals surface area contributed by atoms with Gasteiger partial charge in [-0.05, 0) is 55.5 Å². The van der Waals surface area contributed by atoms with Crippen LogP contribution in [0.15, 0.2) is 72.3 Å². The van der Waals surface area contributed by atoms with Crippen molar-refractivity contribution in [1.29, 1.82) is 0 Å². The van der Waals surface area contributed by atoms with Crippen molar-refractivity contribution in [2.75, 3.05) is 33.4 Å². The highest BCUT2D eigenvalue weighted by Crippen LogP contribution is 2.26. The van der Waals surface area contributed by atoms with Crippen LogP contribution in [-0.4, -0.2) is 61.1 Å². The first kappa shape index (κ1) is 26.8. The number of ether oxygens (including phenoxy) is 3. The van der Waals surface area contributed by atoms with Crippen LogP contribution in [0.5, 0.6) is 5.75 Å². The number of amides is 1. The molecule has 0 aliphatic heterocycles. The maximum absolute atomic E-state index is 12.9. The van der Waals surface area contributed by atoms with Crippen molar-refractivity contribution in [3.63, 3.8) is 0 Å². The van der Waals surface area contributed by atoms with Crippen LogP contribution in [0.4, 0.5) is 4.79 Å². The summed E-state index contributed by atoms with van der Waals surface area (Å²) in [4.78, 5) is 25.7. The molecule has 36 heavy (non-hydrogen) atoms. The molecule has 190 valence electrons. The summed E-state index contributed by atoms with van der Waals surface area (Å²) in [5.74, 6) is -0.248. The minimum absolute atomic E-state index is 0.205. The average Bonchev–Trinajstić information content (AvgIpc) is 2.84. The number of hydrogen-bond acceptors (Lipinski definition) is 5. The Labute approximate surface area is 211 Å². The van der Waals surface area contributed by atoms with Gasteiger partial charge in [-0.2, -0.15) is 0 Å². The van der Waals surface area contributed by atoms with Crippen LogP contribution in [0.2, 0.25) is 0 Å². The fourth-order valence-corrected chi connectivity index (χ4v) is 3.59. The van der Waals surface area contributed by atoms with E-state index >= 15 is 0 Å². The predicted octanol–water partition coefficient (Wildman–Crippen LogP) is 5.88. The molecule has 1 amide bonds. The third-order valence-corrected chi connectivity index (χ3v) is 5.30. The molecule has 3 rings (SSSR count). The first-order valence-corrected chi connectivity index (χ1v) is 11.8. The fraction of sp³-hybridized carbons (Fsp3) is 0.310. The Morgan fingerprint density at radius 2 is 1.67 bits per heavy atom. The molecule has 0 aliphatic carbocycles. The summed E-state index contributed by atoms with van der Waals surface area (Å²) in [6.45, 7) is 6.64. The molecule has 0 fully saturated rings. The van der Waals surface area contributed by atoms with Crippen LogP contribution in [0.1, 0.15) is 36.7 Å². The van der Waals surface area contributed by atoms with Crippen molar-refractivity contribution in [2.45, 2.75) is 26.4 Å². The first-order chi connectivity index (χ1) is 17.2. The lowest BCUT2D eigenvalue weighted by molar-refractivity contribution is 0.0218. The lowest BCUT2D eigenvalue weighted by Crippen LogP contribution is -2.40. The van der Waals surface area contributed by atoms with Crippen LogP contribution in [0.25, 0.3) is 16.8 Å². The minimum atomic E-state index is -0.985. The molecule has 3 aromatic carbocycles. The summed E-state index contributed by atoms with van der Waals surface area (Å²) >= 11 is 0. The van der Waals surface area contributed by atoms with E-state index < -0.39 is 17.7 Å². The Hall–Kier alpha value is -3.84. The second-order valence-electron chi connectivity index (χ2n) is 9.39. The standard InChI is InChI=1S/C29H33NO6/c1-29(2,3)36-28(33)30(16-17-34-4)19-22(18-21-12-14-24(15-13-21)27(31)32)20-35-26-11-7-9-23-8-5-6-10-25(23)26/h5-15,18H,16-17,19-20H2,1-4H3,(H,31,32)/b22-18+. The molecule has 7 nitrogen and oxygen atoms in total. The number of nitrogens with zero attached hydrogens (tertiary/aromatic N) is 1. The van der Waals surface area contributed by atoms with Gasteiger partial charge in [0, 0.05) is 25.6 Å². The smallest absolute Gasteiger partial charge is 0.410 e. The predicted molar refractivity (Wildman–Crippen MR) is 141 cm³/mol. The Morgan fingerprint density at radius 1 is 0.972 bits per heavy atom. The minimum Gasteiger partial charge on any atom is -0.489 e. The summed E-state index contributed by atoms with van der Waals surface area (Å²) in [5.41, 5.74) is 1.18. The van der Waals surface area contributed by atoms with Gasteiger partial charge < -0.3 is 24.2 Å². The second kappa shape index (κ2) is 12.2. The van der Waals surface area contributed by atoms with Crippen LogP contribution >= 0.6 is 0 Å². The van der Waals surface area contributed by atoms with Gasteiger partial charge in [0.1, 0.15) is 18.0 Å². The van der Waals surface area contributed by atoms with Gasteiger partial charge in [-0.15, -0.1) is 0 Å². The number of carbonyl (C=O) groups is 2. The molecule has 0 heterocycles. The number of benzene rings is 3. The summed E-state index contributed by atoms with van der Waals surface area (Å²) in [7, 11) is 1.58. The summed E-state index contributed by atoms with van der Waals surface area (Å²) in [5, 5.41) is 11.3. The molecule has 0 unspecified atom stereocenters. The number of carboxylic acid groups (broad SMARTS) is 1. The van der Waals surface area contributed by atoms with E-state index in [0.717, 1.165) is 27.7 Å². The van der Waals surface area contributed by atoms with E-state index in [0.29, 0.717) is 13.2 Å². The van der Waals surface area contributed by atoms with Crippen molar-refractivity contribution >= 4 is 28.9 Å². The molecular formula is C29H33NO6. The van der Waals surface area contributed by atoms with Crippen molar-refractivity contribution in [1.82, 2.24) is 4.90 Å². The SMILES string of the molecule is COCCN(C/C(=C\c1ccc(C(=O)O)cc1)COc1cccc2ccccc12)C(=O)OC(C)(C)C. The number of carbonyl (C=O) groups excluding carboxylic acids is 1. The number of methoxy groups -OCH3 is 1. The topological polar surface area (TPSA) is 85.3 Å². The zero-order valence-corrected chi connectivity index (χ0v) is 21.2. The fourth-order valence-electron chi connectivity index (χ4n) is 3.59. The van der Waals surface area contributed by atoms with E-state index in [9.17, 15) is 14.7 Å². The third-order valence-electron chi connectivity index (χ3n) is 5.30. The van der Waals surface area contributed by atoms with Gasteiger partial charge in [0.15, 0.2) is 0 Å². The van der Waals surface area contributed by atoms with Gasteiger partial charge in [0.2, 0.25) is 0 Å². The van der Waals surface area contributed by atoms with Crippen LogP contribution < -0.4 is 4.74 Å². The second-order valence-corrected chi connectivity index (χ2v) is 9.39. The van der Waals surface area contributed by atoms with Gasteiger partial charge in [-0.3, -0.25) is 0 Å². The highest BCUT2D eigenvalue weighted by molar-refractivity contribution is 5.88. The molecule has 0 saturated heterocycles. The zero-order chi connectivity index (χ0) is 26.1. The van der Waals surface area contributed by atoms with Crippen LogP contribution in [0.3, 0.4) is 0 Å². The number of carboxylic acids is 1. The molecule has 0 atom stereocenters. The van der Waals surface area contributed by atoms with E-state index in [2.05, 4.69) is 0 Å². The first-order valence-electron chi connectivity index (χ1n) is 11.8. The van der Waals surface area contributed by atoms with E-state index in [4.69, 9.17) is 14.2 Å². The van der Waals surface area contributed by atoms with Crippen molar-refractivity contribution < 1.29 is 28.9 Å². The molecular weight excluding hydrogens is 458 g/mol. The third kappa shape index (κ3) is 7.85. The van der Waals surface area contributed by atoms with Gasteiger partial charge in [-0.25, -0.2) is 9.59 Å². The van der Waals surface area contributed by atoms with Gasteiger partial charge in [-0.1, -0.05) is 54.6 Å². The normalized spacial score (nSPS) is 11.8. The summed E-state index contributed by atoms with van der Waals surface area (Å²) in [6.07, 6.45) is 1.46. The molecule has 0 spiro atoms. The Bertz CT molecular complexity index is 1210. The van der Waals surface area contributed by atoms with Crippen molar-refractivity contribution in [3.05, 3.63) is 83.4 Å². The molecule has 0 aliphatic rings. The molecule has 3 aromatic rings. The Kier molecular flexibility index (Phi) is 9.08. The largest absolute Gasteiger partial charge is 0.489 e. The molecule has 7 heteroatoms. The zero-order valence-electron chi connectivity index (χ0n) is 21.2. The highest BCUT2D eigenvalue weighted by Gasteiger charge is 2.23. The maximum Gasteiger partial charge on any atom is 0.410 e. The Morgan fingerprint density at radius 3 is 2.33 bits per heavy atom. The van der Waals surface area contributed by atoms with Crippen molar-refractivity contribution in [3.8, 4) is 5.75 Å². The van der Waals surface area contributed by atoms with Crippen molar-refractivity contribution in [2.24, 2.45) is 0 Å². The number of fused-ring (bicyclic) bond motifs is 1. The molecule has 0 bridgehead atoms. The van der Waals surface area contributed by atoms with Gasteiger partial charge >= 0.3 is 12.1 Å². The average molecular weight is 492 g/mol. The quantitative estimate of drug-likeness (QED) is 0.381. The monoisotopic (exact) mass is 491 g/mol. The lowest BCUT2D eigenvalue weighted by Gasteiger charge is -2.28. The summed E-state index contributed by atoms with van der Waals surface area (Å²) in [6, 6.07) is 20.4. The molecule has 0 radical (unpaired) electrons. The number of rotatable bonds is 10. The van der Waals surface area contributed by atoms with E-state index in [-0.39, 0.29) is 18.7 Å². The van der Waals surface area contributed by atoms with Crippen LogP contribution in [-0.2, 0) is 9.47 Å². The Balaban J connectivity index is 1.90. The van der Waals surface area contributed by atoms with E-state index in [1.54, 1.807) is 36.3 Å². The maximum atomic E-state index is 12.9. The van der Waals surface area contributed by atoms with Crippen LogP contribution in [0, 0.1) is 0 Å². The lowest BCUT2D eigenvalue weighted by atomic mass is 10.1. The summed E-state index contributed by atoms with van der Waals surface area (Å²) < 4.78 is 17.0. The van der Waals surface area contributed by atoms with Gasteiger partial charge in [0.25, 0.3) is 0 Å².